The van der Waals surface area contributed by atoms with E-state index in [2.05, 4.69) is 11.4 Å². The molecule has 2 rings (SSSR count). The molecule has 0 aliphatic carbocycles. The van der Waals surface area contributed by atoms with Crippen LogP contribution in [0, 0.1) is 11.3 Å². The van der Waals surface area contributed by atoms with Crippen LogP contribution in [0.1, 0.15) is 25.8 Å². The topological polar surface area (TPSA) is 57.8 Å². The van der Waals surface area contributed by atoms with Crippen molar-refractivity contribution < 1.29 is 4.79 Å². The Morgan fingerprint density at radius 3 is 2.89 bits per heavy atom. The second-order valence-electron chi connectivity index (χ2n) is 4.87. The molecule has 4 heteroatoms. The fourth-order valence-corrected chi connectivity index (χ4v) is 2.06. The Morgan fingerprint density at radius 2 is 2.21 bits per heavy atom. The average Bonchev–Trinajstić information content (AvgIpc) is 2.77. The maximum atomic E-state index is 11.6. The van der Waals surface area contributed by atoms with E-state index < -0.39 is 0 Å². The van der Waals surface area contributed by atoms with Crippen molar-refractivity contribution in [2.75, 3.05) is 0 Å². The van der Waals surface area contributed by atoms with Gasteiger partial charge in [-0.25, -0.2) is 0 Å². The van der Waals surface area contributed by atoms with Crippen LogP contribution in [-0.2, 0) is 11.3 Å². The van der Waals surface area contributed by atoms with Crippen LogP contribution in [0.15, 0.2) is 30.5 Å². The minimum absolute atomic E-state index is 0.0493. The Morgan fingerprint density at radius 1 is 1.42 bits per heavy atom. The van der Waals surface area contributed by atoms with Gasteiger partial charge in [-0.1, -0.05) is 6.07 Å². The quantitative estimate of drug-likeness (QED) is 0.912. The molecule has 0 atom stereocenters. The van der Waals surface area contributed by atoms with Crippen LogP contribution < -0.4 is 5.32 Å². The van der Waals surface area contributed by atoms with Crippen LogP contribution in [-0.4, -0.2) is 16.5 Å². The standard InChI is InChI=1S/C15H17N3O/c1-11(2)17-15(19)6-8-18-7-5-13-4-3-12(10-16)9-14(13)18/h3-5,7,9,11H,6,8H2,1-2H3,(H,17,19). The number of carbonyl (C=O) groups is 1. The van der Waals surface area contributed by atoms with Gasteiger partial charge in [0.1, 0.15) is 0 Å². The van der Waals surface area contributed by atoms with E-state index in [9.17, 15) is 4.79 Å². The third-order valence-corrected chi connectivity index (χ3v) is 2.93. The lowest BCUT2D eigenvalue weighted by atomic mass is 10.2. The van der Waals surface area contributed by atoms with Crippen molar-refractivity contribution in [1.82, 2.24) is 9.88 Å². The summed E-state index contributed by atoms with van der Waals surface area (Å²) in [6, 6.07) is 9.89. The molecule has 1 N–H and O–H groups in total. The number of hydrogen-bond donors (Lipinski definition) is 1. The van der Waals surface area contributed by atoms with Crippen molar-refractivity contribution in [3.8, 4) is 6.07 Å². The lowest BCUT2D eigenvalue weighted by Gasteiger charge is -2.09. The molecule has 0 fully saturated rings. The molecule has 0 saturated carbocycles. The maximum absolute atomic E-state index is 11.6. The van der Waals surface area contributed by atoms with Gasteiger partial charge >= 0.3 is 0 Å². The highest BCUT2D eigenvalue weighted by Gasteiger charge is 2.06. The predicted molar refractivity (Wildman–Crippen MR) is 74.5 cm³/mol. The largest absolute Gasteiger partial charge is 0.354 e. The van der Waals surface area contributed by atoms with Gasteiger partial charge in [-0.2, -0.15) is 5.26 Å². The van der Waals surface area contributed by atoms with E-state index in [1.807, 2.05) is 42.8 Å². The van der Waals surface area contributed by atoms with E-state index in [1.165, 1.54) is 0 Å². The predicted octanol–water partition coefficient (Wildman–Crippen LogP) is 2.43. The number of amides is 1. The molecule has 0 aliphatic heterocycles. The van der Waals surface area contributed by atoms with Gasteiger partial charge in [-0.15, -0.1) is 0 Å². The van der Waals surface area contributed by atoms with Crippen LogP contribution in [0.25, 0.3) is 10.9 Å². The van der Waals surface area contributed by atoms with Gasteiger partial charge < -0.3 is 9.88 Å². The highest BCUT2D eigenvalue weighted by atomic mass is 16.1. The zero-order chi connectivity index (χ0) is 13.8. The first kappa shape index (κ1) is 13.2. The molecule has 0 radical (unpaired) electrons. The van der Waals surface area contributed by atoms with Gasteiger partial charge in [0.05, 0.1) is 11.6 Å². The third-order valence-electron chi connectivity index (χ3n) is 2.93. The van der Waals surface area contributed by atoms with Gasteiger partial charge in [0, 0.05) is 30.7 Å². The number of hydrogen-bond acceptors (Lipinski definition) is 2. The van der Waals surface area contributed by atoms with Crippen LogP contribution >= 0.6 is 0 Å². The first-order valence-electron chi connectivity index (χ1n) is 6.38. The molecule has 19 heavy (non-hydrogen) atoms. The number of nitriles is 1. The Kier molecular flexibility index (Phi) is 3.86. The minimum Gasteiger partial charge on any atom is -0.354 e. The van der Waals surface area contributed by atoms with E-state index >= 15 is 0 Å². The number of benzene rings is 1. The van der Waals surface area contributed by atoms with Crippen molar-refractivity contribution in [1.29, 1.82) is 5.26 Å². The van der Waals surface area contributed by atoms with Crippen molar-refractivity contribution in [3.63, 3.8) is 0 Å². The fourth-order valence-electron chi connectivity index (χ4n) is 2.06. The number of rotatable bonds is 4. The minimum atomic E-state index is 0.0493. The molecule has 1 aromatic carbocycles. The summed E-state index contributed by atoms with van der Waals surface area (Å²) in [7, 11) is 0. The first-order valence-corrected chi connectivity index (χ1v) is 6.38. The Balaban J connectivity index is 2.13. The van der Waals surface area contributed by atoms with Gasteiger partial charge in [-0.05, 0) is 37.4 Å². The molecule has 0 spiro atoms. The summed E-state index contributed by atoms with van der Waals surface area (Å²) in [5.74, 6) is 0.0493. The van der Waals surface area contributed by atoms with E-state index in [4.69, 9.17) is 5.26 Å². The molecule has 1 heterocycles. The Labute approximate surface area is 112 Å². The van der Waals surface area contributed by atoms with E-state index in [1.54, 1.807) is 6.07 Å². The summed E-state index contributed by atoms with van der Waals surface area (Å²) < 4.78 is 2.01. The smallest absolute Gasteiger partial charge is 0.221 e. The summed E-state index contributed by atoms with van der Waals surface area (Å²) in [6.45, 7) is 4.52. The van der Waals surface area contributed by atoms with Crippen molar-refractivity contribution in [2.24, 2.45) is 0 Å². The monoisotopic (exact) mass is 255 g/mol. The first-order chi connectivity index (χ1) is 9.10. The molecule has 0 saturated heterocycles. The van der Waals surface area contributed by atoms with Crippen molar-refractivity contribution in [2.45, 2.75) is 32.9 Å². The molecule has 0 unspecified atom stereocenters. The molecular weight excluding hydrogens is 238 g/mol. The van der Waals surface area contributed by atoms with Gasteiger partial charge in [0.15, 0.2) is 0 Å². The summed E-state index contributed by atoms with van der Waals surface area (Å²) in [5, 5.41) is 12.9. The Bertz CT molecular complexity index is 634. The van der Waals surface area contributed by atoms with E-state index in [-0.39, 0.29) is 11.9 Å². The molecular formula is C15H17N3O. The molecule has 0 aliphatic rings. The normalized spacial score (nSPS) is 10.6. The SMILES string of the molecule is CC(C)NC(=O)CCn1ccc2ccc(C#N)cc21. The zero-order valence-electron chi connectivity index (χ0n) is 11.2. The number of nitrogens with one attached hydrogen (secondary N) is 1. The van der Waals surface area contributed by atoms with Crippen molar-refractivity contribution >= 4 is 16.8 Å². The number of aromatic nitrogens is 1. The van der Waals surface area contributed by atoms with Crippen LogP contribution in [0.4, 0.5) is 0 Å². The molecule has 4 nitrogen and oxygen atoms in total. The van der Waals surface area contributed by atoms with Gasteiger partial charge in [0.25, 0.3) is 0 Å². The summed E-state index contributed by atoms with van der Waals surface area (Å²) >= 11 is 0. The van der Waals surface area contributed by atoms with E-state index in [0.29, 0.717) is 18.5 Å². The van der Waals surface area contributed by atoms with Crippen molar-refractivity contribution in [3.05, 3.63) is 36.0 Å². The van der Waals surface area contributed by atoms with E-state index in [0.717, 1.165) is 10.9 Å². The average molecular weight is 255 g/mol. The number of nitrogens with zero attached hydrogens (tertiary/aromatic N) is 2. The summed E-state index contributed by atoms with van der Waals surface area (Å²) in [4.78, 5) is 11.6. The number of carbonyl (C=O) groups excluding carboxylic acids is 1. The lowest BCUT2D eigenvalue weighted by Crippen LogP contribution is -2.30. The highest BCUT2D eigenvalue weighted by molar-refractivity contribution is 5.82. The molecule has 2 aromatic rings. The highest BCUT2D eigenvalue weighted by Crippen LogP contribution is 2.17. The van der Waals surface area contributed by atoms with Crippen LogP contribution in [0.3, 0.4) is 0 Å². The number of fused-ring (bicyclic) bond motifs is 1. The molecule has 1 amide bonds. The fraction of sp³-hybridized carbons (Fsp3) is 0.333. The summed E-state index contributed by atoms with van der Waals surface area (Å²) in [5.41, 5.74) is 1.63. The molecule has 1 aromatic heterocycles. The van der Waals surface area contributed by atoms with Crippen LogP contribution in [0.2, 0.25) is 0 Å². The van der Waals surface area contributed by atoms with Gasteiger partial charge in [-0.3, -0.25) is 4.79 Å². The summed E-state index contributed by atoms with van der Waals surface area (Å²) in [6.07, 6.45) is 2.40. The second kappa shape index (κ2) is 5.57. The number of aryl methyl sites for hydroxylation is 1. The van der Waals surface area contributed by atoms with Gasteiger partial charge in [0.2, 0.25) is 5.91 Å². The molecule has 98 valence electrons. The lowest BCUT2D eigenvalue weighted by molar-refractivity contribution is -0.121. The third kappa shape index (κ3) is 3.14. The maximum Gasteiger partial charge on any atom is 0.221 e. The Hall–Kier alpha value is -2.28. The molecule has 0 bridgehead atoms. The second-order valence-corrected chi connectivity index (χ2v) is 4.87. The van der Waals surface area contributed by atoms with Crippen LogP contribution in [0.5, 0.6) is 0 Å². The zero-order valence-corrected chi connectivity index (χ0v) is 11.2.